The molecule has 68 valence electrons. The first-order chi connectivity index (χ1) is 6.24. The van der Waals surface area contributed by atoms with Crippen LogP contribution >= 0.6 is 0 Å². The van der Waals surface area contributed by atoms with E-state index in [0.717, 1.165) is 11.4 Å². The van der Waals surface area contributed by atoms with Gasteiger partial charge in [-0.25, -0.2) is 4.98 Å². The fourth-order valence-corrected chi connectivity index (χ4v) is 0.820. The smallest absolute Gasteiger partial charge is 0.240 e. The highest BCUT2D eigenvalue weighted by Crippen LogP contribution is 2.03. The molecule has 1 aromatic rings. The molecule has 0 radical (unpaired) electrons. The molecular weight excluding hydrogens is 164 g/mol. The quantitative estimate of drug-likeness (QED) is 0.691. The Hall–Kier alpha value is -1.71. The highest BCUT2D eigenvalue weighted by Gasteiger charge is 1.97. The van der Waals surface area contributed by atoms with E-state index in [1.165, 1.54) is 0 Å². The summed E-state index contributed by atoms with van der Waals surface area (Å²) in [7, 11) is 0. The molecule has 0 aliphatic carbocycles. The number of hydrogen-bond donors (Lipinski definition) is 1. The minimum absolute atomic E-state index is 0.200. The Morgan fingerprint density at radius 2 is 2.00 bits per heavy atom. The van der Waals surface area contributed by atoms with Gasteiger partial charge in [-0.05, 0) is 19.9 Å². The molecular formula is C9H12N4. The van der Waals surface area contributed by atoms with Crippen LogP contribution in [0.25, 0.3) is 6.08 Å². The van der Waals surface area contributed by atoms with Crippen LogP contribution in [0.1, 0.15) is 18.3 Å². The van der Waals surface area contributed by atoms with Gasteiger partial charge in [-0.3, -0.25) is 0 Å². The first kappa shape index (κ1) is 9.38. The van der Waals surface area contributed by atoms with Crippen molar-refractivity contribution in [1.29, 1.82) is 0 Å². The van der Waals surface area contributed by atoms with Crippen LogP contribution in [0.15, 0.2) is 18.2 Å². The zero-order valence-corrected chi connectivity index (χ0v) is 7.73. The Labute approximate surface area is 77.2 Å². The molecule has 0 aromatic carbocycles. The summed E-state index contributed by atoms with van der Waals surface area (Å²) in [6, 6.07) is 0. The Morgan fingerprint density at radius 1 is 1.23 bits per heavy atom. The van der Waals surface area contributed by atoms with E-state index >= 15 is 0 Å². The van der Waals surface area contributed by atoms with Crippen molar-refractivity contribution in [2.45, 2.75) is 13.8 Å². The van der Waals surface area contributed by atoms with Gasteiger partial charge in [0, 0.05) is 0 Å². The molecule has 0 bridgehead atoms. The summed E-state index contributed by atoms with van der Waals surface area (Å²) in [6.45, 7) is 3.79. The van der Waals surface area contributed by atoms with Gasteiger partial charge < -0.3 is 5.73 Å². The summed E-state index contributed by atoms with van der Waals surface area (Å²) in [5, 5.41) is 7.48. The average molecular weight is 176 g/mol. The summed E-state index contributed by atoms with van der Waals surface area (Å²) in [5.74, 6) is 0.200. The second-order valence-corrected chi connectivity index (χ2v) is 2.53. The molecule has 13 heavy (non-hydrogen) atoms. The number of hydrogen-bond acceptors (Lipinski definition) is 4. The molecule has 4 nitrogen and oxygen atoms in total. The molecule has 2 N–H and O–H groups in total. The SMILES string of the molecule is C/C=C/C=C/c1nc(N)nnc1C. The van der Waals surface area contributed by atoms with Crippen molar-refractivity contribution in [2.75, 3.05) is 5.73 Å². The second kappa shape index (κ2) is 4.35. The molecule has 0 unspecified atom stereocenters. The molecule has 1 rings (SSSR count). The molecule has 0 saturated heterocycles. The van der Waals surface area contributed by atoms with Crippen LogP contribution in [0.2, 0.25) is 0 Å². The third-order valence-corrected chi connectivity index (χ3v) is 1.47. The number of aryl methyl sites for hydroxylation is 1. The van der Waals surface area contributed by atoms with E-state index in [0.29, 0.717) is 0 Å². The molecule has 1 aromatic heterocycles. The van der Waals surface area contributed by atoms with Crippen LogP contribution in [0.3, 0.4) is 0 Å². The first-order valence-corrected chi connectivity index (χ1v) is 4.00. The standard InChI is InChI=1S/C9H12N4/c1-3-4-5-6-8-7(2)12-13-9(10)11-8/h3-6H,1-2H3,(H2,10,11,13)/b4-3+,6-5+. The zero-order valence-electron chi connectivity index (χ0n) is 7.73. The monoisotopic (exact) mass is 176 g/mol. The van der Waals surface area contributed by atoms with Crippen LogP contribution in [-0.2, 0) is 0 Å². The van der Waals surface area contributed by atoms with Crippen molar-refractivity contribution >= 4 is 12.0 Å². The third-order valence-electron chi connectivity index (χ3n) is 1.47. The number of nitrogens with zero attached hydrogens (tertiary/aromatic N) is 3. The first-order valence-electron chi connectivity index (χ1n) is 4.00. The summed E-state index contributed by atoms with van der Waals surface area (Å²) < 4.78 is 0. The van der Waals surface area contributed by atoms with Gasteiger partial charge in [-0.2, -0.15) is 0 Å². The number of rotatable bonds is 2. The van der Waals surface area contributed by atoms with Crippen LogP contribution < -0.4 is 5.73 Å². The number of anilines is 1. The van der Waals surface area contributed by atoms with Gasteiger partial charge in [-0.1, -0.05) is 18.2 Å². The van der Waals surface area contributed by atoms with Gasteiger partial charge in [0.25, 0.3) is 0 Å². The third kappa shape index (κ3) is 2.66. The maximum Gasteiger partial charge on any atom is 0.240 e. The fourth-order valence-electron chi connectivity index (χ4n) is 0.820. The summed E-state index contributed by atoms with van der Waals surface area (Å²) in [5.41, 5.74) is 6.92. The van der Waals surface area contributed by atoms with E-state index in [1.807, 2.05) is 38.2 Å². The molecule has 0 spiro atoms. The average Bonchev–Trinajstić information content (AvgIpc) is 2.11. The van der Waals surface area contributed by atoms with Crippen molar-refractivity contribution in [2.24, 2.45) is 0 Å². The number of allylic oxidation sites excluding steroid dienone is 3. The minimum Gasteiger partial charge on any atom is -0.366 e. The van der Waals surface area contributed by atoms with Gasteiger partial charge in [0.1, 0.15) is 0 Å². The predicted octanol–water partition coefficient (Wildman–Crippen LogP) is 1.35. The van der Waals surface area contributed by atoms with Crippen molar-refractivity contribution in [3.63, 3.8) is 0 Å². The van der Waals surface area contributed by atoms with Gasteiger partial charge in [0.2, 0.25) is 5.95 Å². The van der Waals surface area contributed by atoms with E-state index in [2.05, 4.69) is 15.2 Å². The van der Waals surface area contributed by atoms with E-state index in [4.69, 9.17) is 5.73 Å². The molecule has 0 atom stereocenters. The summed E-state index contributed by atoms with van der Waals surface area (Å²) in [4.78, 5) is 4.03. The Morgan fingerprint density at radius 3 is 2.69 bits per heavy atom. The molecule has 0 fully saturated rings. The lowest BCUT2D eigenvalue weighted by Crippen LogP contribution is -2.01. The van der Waals surface area contributed by atoms with Crippen LogP contribution in [-0.4, -0.2) is 15.2 Å². The largest absolute Gasteiger partial charge is 0.366 e. The molecule has 1 heterocycles. The number of nitrogens with two attached hydrogens (primary N) is 1. The Bertz CT molecular complexity index is 341. The fraction of sp³-hybridized carbons (Fsp3) is 0.222. The number of nitrogen functional groups attached to an aromatic ring is 1. The van der Waals surface area contributed by atoms with Crippen LogP contribution in [0.4, 0.5) is 5.95 Å². The van der Waals surface area contributed by atoms with Gasteiger partial charge in [0.15, 0.2) is 0 Å². The molecule has 0 aliphatic rings. The lowest BCUT2D eigenvalue weighted by atomic mass is 10.3. The Kier molecular flexibility index (Phi) is 3.14. The highest BCUT2D eigenvalue weighted by molar-refractivity contribution is 5.49. The maximum absolute atomic E-state index is 5.40. The summed E-state index contributed by atoms with van der Waals surface area (Å²) in [6.07, 6.45) is 7.58. The van der Waals surface area contributed by atoms with Gasteiger partial charge in [-0.15, -0.1) is 10.2 Å². The molecule has 4 heteroatoms. The van der Waals surface area contributed by atoms with Gasteiger partial charge in [0.05, 0.1) is 11.4 Å². The van der Waals surface area contributed by atoms with Crippen molar-refractivity contribution in [3.05, 3.63) is 29.6 Å². The number of aromatic nitrogens is 3. The van der Waals surface area contributed by atoms with E-state index in [9.17, 15) is 0 Å². The van der Waals surface area contributed by atoms with Crippen molar-refractivity contribution in [1.82, 2.24) is 15.2 Å². The van der Waals surface area contributed by atoms with Crippen LogP contribution in [0, 0.1) is 6.92 Å². The predicted molar refractivity (Wildman–Crippen MR) is 52.8 cm³/mol. The minimum atomic E-state index is 0.200. The Balaban J connectivity index is 2.93. The van der Waals surface area contributed by atoms with Crippen molar-refractivity contribution < 1.29 is 0 Å². The summed E-state index contributed by atoms with van der Waals surface area (Å²) >= 11 is 0. The van der Waals surface area contributed by atoms with Crippen molar-refractivity contribution in [3.8, 4) is 0 Å². The molecule has 0 amide bonds. The topological polar surface area (TPSA) is 64.7 Å². The lowest BCUT2D eigenvalue weighted by molar-refractivity contribution is 0.932. The normalized spacial score (nSPS) is 11.5. The molecule has 0 saturated carbocycles. The second-order valence-electron chi connectivity index (χ2n) is 2.53. The van der Waals surface area contributed by atoms with E-state index in [1.54, 1.807) is 0 Å². The molecule has 0 aliphatic heterocycles. The van der Waals surface area contributed by atoms with Crippen LogP contribution in [0.5, 0.6) is 0 Å². The maximum atomic E-state index is 5.40. The van der Waals surface area contributed by atoms with Gasteiger partial charge >= 0.3 is 0 Å². The zero-order chi connectivity index (χ0) is 9.68. The lowest BCUT2D eigenvalue weighted by Gasteiger charge is -1.96. The highest BCUT2D eigenvalue weighted by atomic mass is 15.2. The van der Waals surface area contributed by atoms with E-state index < -0.39 is 0 Å². The van der Waals surface area contributed by atoms with E-state index in [-0.39, 0.29) is 5.95 Å².